The first-order valence-electron chi connectivity index (χ1n) is 9.07. The van der Waals surface area contributed by atoms with Crippen molar-refractivity contribution in [2.75, 3.05) is 5.32 Å². The molecule has 156 valence electrons. The number of benzene rings is 3. The van der Waals surface area contributed by atoms with E-state index in [1.807, 2.05) is 13.0 Å². The predicted octanol–water partition coefficient (Wildman–Crippen LogP) is 4.96. The van der Waals surface area contributed by atoms with Crippen molar-refractivity contribution in [2.45, 2.75) is 11.8 Å². The first kappa shape index (κ1) is 22.1. The van der Waals surface area contributed by atoms with Crippen LogP contribution in [-0.2, 0) is 14.9 Å². The number of nitriles is 1. The Morgan fingerprint density at radius 3 is 2.35 bits per heavy atom. The molecule has 3 rings (SSSR count). The molecule has 8 heteroatoms. The minimum atomic E-state index is -4.06. The zero-order chi connectivity index (χ0) is 22.4. The van der Waals surface area contributed by atoms with E-state index in [2.05, 4.69) is 5.32 Å². The lowest BCUT2D eigenvalue weighted by Crippen LogP contribution is -2.13. The molecule has 3 aromatic rings. The van der Waals surface area contributed by atoms with Crippen LogP contribution in [0, 0.1) is 18.3 Å². The molecule has 0 unspecified atom stereocenters. The van der Waals surface area contributed by atoms with Gasteiger partial charge in [0.1, 0.15) is 16.5 Å². The predicted molar refractivity (Wildman–Crippen MR) is 119 cm³/mol. The summed E-state index contributed by atoms with van der Waals surface area (Å²) in [6, 6.07) is 21.1. The highest BCUT2D eigenvalue weighted by Gasteiger charge is 2.18. The lowest BCUT2D eigenvalue weighted by Gasteiger charge is -2.09. The molecular formula is C23H17ClN2O4S. The second kappa shape index (κ2) is 9.47. The summed E-state index contributed by atoms with van der Waals surface area (Å²) in [4.78, 5) is 12.3. The van der Waals surface area contributed by atoms with E-state index >= 15 is 0 Å². The first-order valence-corrected chi connectivity index (χ1v) is 10.9. The Hall–Kier alpha value is -3.60. The maximum absolute atomic E-state index is 12.4. The number of hydrogen-bond donors (Lipinski definition) is 1. The van der Waals surface area contributed by atoms with Gasteiger partial charge in [-0.3, -0.25) is 4.79 Å². The molecule has 0 fully saturated rings. The molecule has 0 aliphatic carbocycles. The molecule has 0 atom stereocenters. The van der Waals surface area contributed by atoms with Crippen molar-refractivity contribution in [2.24, 2.45) is 0 Å². The molecule has 31 heavy (non-hydrogen) atoms. The Labute approximate surface area is 185 Å². The average molecular weight is 453 g/mol. The molecule has 0 aromatic heterocycles. The van der Waals surface area contributed by atoms with E-state index in [-0.39, 0.29) is 21.2 Å². The number of rotatable bonds is 6. The van der Waals surface area contributed by atoms with Gasteiger partial charge in [-0.1, -0.05) is 53.6 Å². The summed E-state index contributed by atoms with van der Waals surface area (Å²) >= 11 is 6.18. The molecule has 0 aliphatic heterocycles. The summed E-state index contributed by atoms with van der Waals surface area (Å²) in [5, 5.41) is 12.0. The van der Waals surface area contributed by atoms with Crippen molar-refractivity contribution < 1.29 is 17.4 Å². The van der Waals surface area contributed by atoms with Crippen LogP contribution in [0.1, 0.15) is 11.1 Å². The molecule has 0 heterocycles. The SMILES string of the molecule is Cc1ccc(S(=O)(=O)Oc2ccc(/C=C(\C#N)C(=O)Nc3ccccc3)cc2Cl)cc1. The minimum absolute atomic E-state index is 0.00230. The van der Waals surface area contributed by atoms with Crippen molar-refractivity contribution >= 4 is 39.4 Å². The molecule has 0 saturated carbocycles. The monoisotopic (exact) mass is 452 g/mol. The minimum Gasteiger partial charge on any atom is -0.377 e. The van der Waals surface area contributed by atoms with E-state index in [0.29, 0.717) is 11.3 Å². The van der Waals surface area contributed by atoms with Gasteiger partial charge in [-0.05, 0) is 55.0 Å². The number of halogens is 1. The van der Waals surface area contributed by atoms with E-state index in [1.54, 1.807) is 42.5 Å². The van der Waals surface area contributed by atoms with Crippen LogP contribution in [0.25, 0.3) is 6.08 Å². The van der Waals surface area contributed by atoms with Crippen LogP contribution in [0.2, 0.25) is 5.02 Å². The van der Waals surface area contributed by atoms with Gasteiger partial charge in [-0.2, -0.15) is 13.7 Å². The van der Waals surface area contributed by atoms with Crippen LogP contribution >= 0.6 is 11.6 Å². The van der Waals surface area contributed by atoms with Gasteiger partial charge in [0.05, 0.1) is 5.02 Å². The Morgan fingerprint density at radius 1 is 1.06 bits per heavy atom. The van der Waals surface area contributed by atoms with Gasteiger partial charge in [-0.15, -0.1) is 0 Å². The maximum atomic E-state index is 12.4. The van der Waals surface area contributed by atoms with Gasteiger partial charge in [-0.25, -0.2) is 0 Å². The van der Waals surface area contributed by atoms with Crippen molar-refractivity contribution in [1.29, 1.82) is 5.26 Å². The number of para-hydroxylation sites is 1. The number of hydrogen-bond acceptors (Lipinski definition) is 5. The van der Waals surface area contributed by atoms with Gasteiger partial charge in [0.15, 0.2) is 5.75 Å². The number of aryl methyl sites for hydroxylation is 1. The van der Waals surface area contributed by atoms with Crippen LogP contribution in [0.5, 0.6) is 5.75 Å². The molecular weight excluding hydrogens is 436 g/mol. The Morgan fingerprint density at radius 2 is 1.74 bits per heavy atom. The molecule has 1 N–H and O–H groups in total. The summed E-state index contributed by atoms with van der Waals surface area (Å²) in [5.74, 6) is -0.640. The van der Waals surface area contributed by atoms with Crippen LogP contribution in [0.3, 0.4) is 0 Å². The highest BCUT2D eigenvalue weighted by Crippen LogP contribution is 2.29. The van der Waals surface area contributed by atoms with Gasteiger partial charge in [0.25, 0.3) is 5.91 Å². The van der Waals surface area contributed by atoms with E-state index in [4.69, 9.17) is 15.8 Å². The zero-order valence-electron chi connectivity index (χ0n) is 16.4. The highest BCUT2D eigenvalue weighted by molar-refractivity contribution is 7.87. The van der Waals surface area contributed by atoms with Gasteiger partial charge in [0, 0.05) is 5.69 Å². The summed E-state index contributed by atoms with van der Waals surface area (Å²) in [7, 11) is -4.06. The quantitative estimate of drug-likeness (QED) is 0.324. The number of nitrogens with one attached hydrogen (secondary N) is 1. The molecule has 0 bridgehead atoms. The molecule has 0 spiro atoms. The molecule has 0 radical (unpaired) electrons. The molecule has 1 amide bonds. The van der Waals surface area contributed by atoms with Crippen LogP contribution in [0.4, 0.5) is 5.69 Å². The normalized spacial score (nSPS) is 11.5. The van der Waals surface area contributed by atoms with Gasteiger partial charge in [0.2, 0.25) is 0 Å². The second-order valence-electron chi connectivity index (χ2n) is 6.53. The van der Waals surface area contributed by atoms with Crippen LogP contribution in [0.15, 0.2) is 83.3 Å². The first-order chi connectivity index (χ1) is 14.8. The van der Waals surface area contributed by atoms with Crippen LogP contribution in [-0.4, -0.2) is 14.3 Å². The van der Waals surface area contributed by atoms with E-state index < -0.39 is 16.0 Å². The van der Waals surface area contributed by atoms with Crippen molar-refractivity contribution in [1.82, 2.24) is 0 Å². The summed E-state index contributed by atoms with van der Waals surface area (Å²) in [6.45, 7) is 1.84. The largest absolute Gasteiger partial charge is 0.377 e. The maximum Gasteiger partial charge on any atom is 0.339 e. The van der Waals surface area contributed by atoms with E-state index in [1.165, 1.54) is 36.4 Å². The topological polar surface area (TPSA) is 96.3 Å². The van der Waals surface area contributed by atoms with E-state index in [0.717, 1.165) is 5.56 Å². The average Bonchev–Trinajstić information content (AvgIpc) is 2.74. The number of carbonyl (C=O) groups excluding carboxylic acids is 1. The standard InChI is InChI=1S/C23H17ClN2O4S/c1-16-7-10-20(11-8-16)31(28,29)30-22-12-9-17(14-21(22)24)13-18(15-25)23(27)26-19-5-3-2-4-6-19/h2-14H,1H3,(H,26,27)/b18-13+. The van der Waals surface area contributed by atoms with Crippen molar-refractivity contribution in [3.05, 3.63) is 94.5 Å². The van der Waals surface area contributed by atoms with E-state index in [9.17, 15) is 18.5 Å². The molecule has 3 aromatic carbocycles. The lowest BCUT2D eigenvalue weighted by molar-refractivity contribution is -0.112. The summed E-state index contributed by atoms with van der Waals surface area (Å²) < 4.78 is 30.0. The Kier molecular flexibility index (Phi) is 6.75. The smallest absolute Gasteiger partial charge is 0.339 e. The van der Waals surface area contributed by atoms with Crippen molar-refractivity contribution in [3.8, 4) is 11.8 Å². The fraction of sp³-hybridized carbons (Fsp3) is 0.0435. The van der Waals surface area contributed by atoms with Gasteiger partial charge < -0.3 is 9.50 Å². The summed E-state index contributed by atoms with van der Waals surface area (Å²) in [5.41, 5.74) is 1.76. The van der Waals surface area contributed by atoms with Gasteiger partial charge >= 0.3 is 10.1 Å². The zero-order valence-corrected chi connectivity index (χ0v) is 17.9. The lowest BCUT2D eigenvalue weighted by atomic mass is 10.1. The molecule has 0 saturated heterocycles. The third-order valence-electron chi connectivity index (χ3n) is 4.17. The Balaban J connectivity index is 1.80. The Bertz CT molecular complexity index is 1280. The molecule has 6 nitrogen and oxygen atoms in total. The number of amides is 1. The highest BCUT2D eigenvalue weighted by atomic mass is 35.5. The number of anilines is 1. The molecule has 0 aliphatic rings. The fourth-order valence-electron chi connectivity index (χ4n) is 2.58. The fourth-order valence-corrected chi connectivity index (χ4v) is 3.80. The van der Waals surface area contributed by atoms with Crippen LogP contribution < -0.4 is 9.50 Å². The second-order valence-corrected chi connectivity index (χ2v) is 8.48. The third-order valence-corrected chi connectivity index (χ3v) is 5.72. The number of carbonyl (C=O) groups is 1. The van der Waals surface area contributed by atoms with Crippen molar-refractivity contribution in [3.63, 3.8) is 0 Å². The summed E-state index contributed by atoms with van der Waals surface area (Å²) in [6.07, 6.45) is 1.35. The third kappa shape index (κ3) is 5.72. The number of nitrogens with zero attached hydrogens (tertiary/aromatic N) is 1.